The Bertz CT molecular complexity index is 119. The first-order chi connectivity index (χ1) is 3.35. The van der Waals surface area contributed by atoms with E-state index >= 15 is 0 Å². The zero-order chi connectivity index (χ0) is 5.70. The lowest BCUT2D eigenvalue weighted by Gasteiger charge is -1.66. The quantitative estimate of drug-likeness (QED) is 0.275. The lowest BCUT2D eigenvalue weighted by atomic mass is 10.3. The number of carbonyl (C=O) groups excluding carboxylic acids is 2. The largest absolute Gasteiger partial charge is 0.284 e. The maximum absolute atomic E-state index is 9.47. The van der Waals surface area contributed by atoms with Crippen LogP contribution in [0.25, 0.3) is 0 Å². The molecule has 0 heterocycles. The number of allylic oxidation sites excluding steroid dienone is 2. The van der Waals surface area contributed by atoms with Crippen molar-refractivity contribution in [3.63, 3.8) is 0 Å². The Morgan fingerprint density at radius 1 is 1.57 bits per heavy atom. The number of rotatable bonds is 2. The minimum absolute atomic E-state index is 0.167. The van der Waals surface area contributed by atoms with Crippen LogP contribution in [0.15, 0.2) is 18.2 Å². The number of hydrogen-bond acceptors (Lipinski definition) is 2. The summed E-state index contributed by atoms with van der Waals surface area (Å²) >= 11 is 0. The van der Waals surface area contributed by atoms with Crippen LogP contribution in [-0.4, -0.2) is 12.2 Å². The van der Waals surface area contributed by atoms with Gasteiger partial charge in [-0.25, -0.2) is 4.79 Å². The molecule has 35 valence electrons. The van der Waals surface area contributed by atoms with Crippen molar-refractivity contribution in [3.8, 4) is 0 Å². The fraction of sp³-hybridized carbons (Fsp3) is 0. The predicted molar refractivity (Wildman–Crippen MR) is 25.1 cm³/mol. The Morgan fingerprint density at radius 2 is 2.14 bits per heavy atom. The lowest BCUT2D eigenvalue weighted by Crippen LogP contribution is -1.75. The van der Waals surface area contributed by atoms with Crippen LogP contribution in [0.1, 0.15) is 0 Å². The van der Waals surface area contributed by atoms with Crippen molar-refractivity contribution in [2.75, 3.05) is 0 Å². The fourth-order valence-electron chi connectivity index (χ4n) is 0.104. The van der Waals surface area contributed by atoms with Crippen LogP contribution < -0.4 is 0 Å². The molecule has 0 bridgehead atoms. The van der Waals surface area contributed by atoms with E-state index in [2.05, 4.69) is 6.58 Å². The summed E-state index contributed by atoms with van der Waals surface area (Å²) in [5, 5.41) is 0. The Kier molecular flexibility index (Phi) is 2.57. The van der Waals surface area contributed by atoms with Gasteiger partial charge in [-0.1, -0.05) is 6.58 Å². The molecule has 0 unspecified atom stereocenters. The Labute approximate surface area is 41.1 Å². The summed E-state index contributed by atoms with van der Waals surface area (Å²) < 4.78 is 0. The van der Waals surface area contributed by atoms with Gasteiger partial charge in [0.1, 0.15) is 11.5 Å². The van der Waals surface area contributed by atoms with E-state index in [9.17, 15) is 9.59 Å². The van der Waals surface area contributed by atoms with E-state index in [0.29, 0.717) is 0 Å². The summed E-state index contributed by atoms with van der Waals surface area (Å²) in [5.41, 5.74) is -0.167. The van der Waals surface area contributed by atoms with Gasteiger partial charge in [0.2, 0.25) is 6.29 Å². The summed E-state index contributed by atoms with van der Waals surface area (Å²) in [6, 6.07) is 0. The minimum Gasteiger partial charge on any atom is -0.284 e. The molecule has 0 rings (SSSR count). The smallest absolute Gasteiger partial charge is 0.245 e. The van der Waals surface area contributed by atoms with Crippen molar-refractivity contribution in [1.82, 2.24) is 0 Å². The minimum atomic E-state index is -0.167. The highest BCUT2D eigenvalue weighted by atomic mass is 16.1. The van der Waals surface area contributed by atoms with Crippen molar-refractivity contribution >= 4 is 12.2 Å². The van der Waals surface area contributed by atoms with Crippen LogP contribution in [0.3, 0.4) is 0 Å². The van der Waals surface area contributed by atoms with E-state index < -0.39 is 0 Å². The molecule has 0 aromatic carbocycles. The maximum Gasteiger partial charge on any atom is 0.245 e. The molecule has 0 aliphatic carbocycles. The van der Waals surface area contributed by atoms with E-state index in [1.807, 2.05) is 0 Å². The predicted octanol–water partition coefficient (Wildman–Crippen LogP) is 0.0401. The third-order valence-corrected chi connectivity index (χ3v) is 0.424. The third kappa shape index (κ3) is 1.68. The van der Waals surface area contributed by atoms with Crippen molar-refractivity contribution in [1.29, 1.82) is 0 Å². The van der Waals surface area contributed by atoms with Gasteiger partial charge in [0.15, 0.2) is 0 Å². The lowest BCUT2D eigenvalue weighted by molar-refractivity contribution is 0.558. The molecule has 0 saturated heterocycles. The second-order valence-corrected chi connectivity index (χ2v) is 0.822. The molecule has 2 heteroatoms. The van der Waals surface area contributed by atoms with Gasteiger partial charge in [0, 0.05) is 0 Å². The summed E-state index contributed by atoms with van der Waals surface area (Å²) in [5.74, 6) is 1.33. The van der Waals surface area contributed by atoms with Gasteiger partial charge in [-0.05, 0) is 6.08 Å². The Balaban J connectivity index is 4.14. The Hall–Kier alpha value is -1.14. The summed E-state index contributed by atoms with van der Waals surface area (Å²) in [4.78, 5) is 18.9. The average Bonchev–Trinajstić information content (AvgIpc) is 1.72. The van der Waals surface area contributed by atoms with Gasteiger partial charge in [-0.3, -0.25) is 4.79 Å². The van der Waals surface area contributed by atoms with Gasteiger partial charge >= 0.3 is 0 Å². The van der Waals surface area contributed by atoms with E-state index in [-0.39, 0.29) is 5.57 Å². The summed E-state index contributed by atoms with van der Waals surface area (Å²) in [6.07, 6.45) is 2.42. The third-order valence-electron chi connectivity index (χ3n) is 0.424. The first kappa shape index (κ1) is 5.86. The van der Waals surface area contributed by atoms with Gasteiger partial charge in [0.25, 0.3) is 0 Å². The van der Waals surface area contributed by atoms with Crippen LogP contribution in [0, 0.1) is 0 Å². The highest BCUT2D eigenvalue weighted by Crippen LogP contribution is 1.77. The van der Waals surface area contributed by atoms with Crippen molar-refractivity contribution in [2.45, 2.75) is 0 Å². The molecule has 0 aromatic rings. The topological polar surface area (TPSA) is 34.1 Å². The van der Waals surface area contributed by atoms with Gasteiger partial charge in [0.05, 0.1) is 0 Å². The van der Waals surface area contributed by atoms with Crippen LogP contribution in [-0.2, 0) is 9.59 Å². The molecule has 0 aromatic heterocycles. The van der Waals surface area contributed by atoms with Crippen molar-refractivity contribution in [3.05, 3.63) is 18.2 Å². The van der Waals surface area contributed by atoms with Crippen LogP contribution in [0.2, 0.25) is 0 Å². The van der Waals surface area contributed by atoms with Gasteiger partial charge in [-0.2, -0.15) is 0 Å². The highest BCUT2D eigenvalue weighted by Gasteiger charge is 1.83. The monoisotopic (exact) mass is 95.0 g/mol. The second-order valence-electron chi connectivity index (χ2n) is 0.822. The molecule has 2 nitrogen and oxygen atoms in total. The zero-order valence-electron chi connectivity index (χ0n) is 3.60. The molecule has 0 N–H and O–H groups in total. The molecule has 0 aliphatic rings. The van der Waals surface area contributed by atoms with Crippen molar-refractivity contribution in [2.24, 2.45) is 0 Å². The van der Waals surface area contributed by atoms with Gasteiger partial charge < -0.3 is 0 Å². The fourth-order valence-corrected chi connectivity index (χ4v) is 0.104. The summed E-state index contributed by atoms with van der Waals surface area (Å²) in [6.45, 7) is 3.14. The maximum atomic E-state index is 9.47. The highest BCUT2D eigenvalue weighted by molar-refractivity contribution is 5.89. The molecule has 0 amide bonds. The summed E-state index contributed by atoms with van der Waals surface area (Å²) in [7, 11) is 0. The second kappa shape index (κ2) is 3.07. The Morgan fingerprint density at radius 3 is 2.14 bits per heavy atom. The van der Waals surface area contributed by atoms with Crippen molar-refractivity contribution < 1.29 is 9.59 Å². The first-order valence-corrected chi connectivity index (χ1v) is 1.61. The number of hydrogen-bond donors (Lipinski definition) is 0. The molecule has 0 fully saturated rings. The molecule has 1 radical (unpaired) electrons. The van der Waals surface area contributed by atoms with E-state index in [4.69, 9.17) is 0 Å². The van der Waals surface area contributed by atoms with E-state index in [0.717, 1.165) is 6.08 Å². The molecular weight excluding hydrogens is 92.1 g/mol. The first-order valence-electron chi connectivity index (χ1n) is 1.61. The zero-order valence-corrected chi connectivity index (χ0v) is 3.60. The molecule has 0 spiro atoms. The molecule has 0 atom stereocenters. The molecule has 0 saturated carbocycles. The van der Waals surface area contributed by atoms with E-state index in [1.165, 1.54) is 12.2 Å². The van der Waals surface area contributed by atoms with Crippen LogP contribution in [0.5, 0.6) is 0 Å². The molecular formula is C5H3O2. The van der Waals surface area contributed by atoms with Gasteiger partial charge in [-0.15, -0.1) is 0 Å². The standard InChI is InChI=1S/C5H3O2/c1-2-5(3-6)4-7/h2H,1H2. The molecule has 7 heavy (non-hydrogen) atoms. The SMILES string of the molecule is C=CC([C]=O)=C=O. The molecule has 0 aliphatic heterocycles. The normalized spacial score (nSPS) is 6.29. The van der Waals surface area contributed by atoms with Crippen LogP contribution >= 0.6 is 0 Å². The van der Waals surface area contributed by atoms with Crippen LogP contribution in [0.4, 0.5) is 0 Å². The van der Waals surface area contributed by atoms with E-state index in [1.54, 1.807) is 0 Å². The average molecular weight is 95.1 g/mol.